The van der Waals surface area contributed by atoms with Gasteiger partial charge in [-0.25, -0.2) is 12.8 Å². The summed E-state index contributed by atoms with van der Waals surface area (Å²) in [6, 6.07) is 14.1. The number of rotatable bonds is 6. The average molecular weight is 483 g/mol. The Kier molecular flexibility index (Phi) is 6.33. The van der Waals surface area contributed by atoms with Crippen LogP contribution in [0.1, 0.15) is 21.6 Å². The minimum atomic E-state index is -4.28. The topological polar surface area (TPSA) is 99.3 Å². The predicted molar refractivity (Wildman–Crippen MR) is 125 cm³/mol. The van der Waals surface area contributed by atoms with Gasteiger partial charge >= 0.3 is 5.97 Å². The summed E-state index contributed by atoms with van der Waals surface area (Å²) >= 11 is 0.655. The highest BCUT2D eigenvalue weighted by atomic mass is 32.2. The first-order valence-corrected chi connectivity index (χ1v) is 12.2. The van der Waals surface area contributed by atoms with Gasteiger partial charge in [-0.1, -0.05) is 41.8 Å². The minimum Gasteiger partial charge on any atom is -0.480 e. The zero-order chi connectivity index (χ0) is 23.6. The molecule has 3 N–H and O–H groups in total. The smallest absolute Gasteiger partial charge is 0.322 e. The molecule has 0 radical (unpaired) electrons. The number of carboxylic acids is 1. The van der Waals surface area contributed by atoms with Gasteiger partial charge in [0.25, 0.3) is 10.0 Å². The fourth-order valence-electron chi connectivity index (χ4n) is 3.28. The van der Waals surface area contributed by atoms with E-state index in [1.165, 1.54) is 0 Å². The van der Waals surface area contributed by atoms with Gasteiger partial charge in [0.05, 0.1) is 0 Å². The van der Waals surface area contributed by atoms with Crippen molar-refractivity contribution >= 4 is 38.2 Å². The van der Waals surface area contributed by atoms with E-state index in [9.17, 15) is 22.7 Å². The van der Waals surface area contributed by atoms with Gasteiger partial charge in [-0.05, 0) is 36.6 Å². The van der Waals surface area contributed by atoms with Gasteiger partial charge in [0.2, 0.25) is 0 Å². The third kappa shape index (κ3) is 5.14. The van der Waals surface area contributed by atoms with E-state index in [0.29, 0.717) is 22.5 Å². The van der Waals surface area contributed by atoms with E-state index in [-0.39, 0.29) is 15.5 Å². The van der Waals surface area contributed by atoms with Crippen LogP contribution in [0, 0.1) is 24.6 Å². The van der Waals surface area contributed by atoms with Crippen LogP contribution in [-0.2, 0) is 21.2 Å². The molecule has 168 valence electrons. The van der Waals surface area contributed by atoms with Crippen molar-refractivity contribution in [1.82, 2.24) is 9.71 Å². The van der Waals surface area contributed by atoms with Gasteiger partial charge in [-0.2, -0.15) is 4.72 Å². The number of carbonyl (C=O) groups is 1. The molecule has 2 heterocycles. The summed E-state index contributed by atoms with van der Waals surface area (Å²) in [6.07, 6.45) is 1.57. The number of H-pyrrole nitrogens is 1. The molecule has 0 fully saturated rings. The van der Waals surface area contributed by atoms with Crippen LogP contribution in [0.15, 0.2) is 65.0 Å². The van der Waals surface area contributed by atoms with Crippen LogP contribution in [-0.4, -0.2) is 30.5 Å². The summed E-state index contributed by atoms with van der Waals surface area (Å²) < 4.78 is 41.9. The van der Waals surface area contributed by atoms with Gasteiger partial charge in [0, 0.05) is 35.2 Å². The number of carboxylic acid groups (broad SMARTS) is 1. The van der Waals surface area contributed by atoms with Crippen molar-refractivity contribution in [1.29, 1.82) is 0 Å². The lowest BCUT2D eigenvalue weighted by Crippen LogP contribution is -2.42. The monoisotopic (exact) mass is 482 g/mol. The van der Waals surface area contributed by atoms with Gasteiger partial charge < -0.3 is 10.1 Å². The molecule has 0 saturated carbocycles. The van der Waals surface area contributed by atoms with Gasteiger partial charge in [0.1, 0.15) is 15.1 Å². The number of nitrogens with one attached hydrogen (secondary N) is 2. The Morgan fingerprint density at radius 3 is 2.64 bits per heavy atom. The second-order valence-corrected chi connectivity index (χ2v) is 10.4. The van der Waals surface area contributed by atoms with E-state index < -0.39 is 27.9 Å². The number of fused-ring (bicyclic) bond motifs is 1. The highest BCUT2D eigenvalue weighted by Crippen LogP contribution is 2.26. The standard InChI is InChI=1S/C24H19FN2O4S2/c1-15-6-8-16(9-7-15)10-11-22-19(25)13-23(32-22)33(30,31)27-21(24(28)29)12-17-14-26-20-5-3-2-4-18(17)20/h2-9,13-14,21,26-27H,12H2,1H3,(H,28,29). The molecule has 0 aliphatic carbocycles. The Labute approximate surface area is 194 Å². The molecule has 6 nitrogen and oxygen atoms in total. The summed E-state index contributed by atoms with van der Waals surface area (Å²) in [5.74, 6) is 3.35. The number of hydrogen-bond donors (Lipinski definition) is 3. The van der Waals surface area contributed by atoms with Gasteiger partial charge in [0.15, 0.2) is 5.82 Å². The van der Waals surface area contributed by atoms with Crippen molar-refractivity contribution in [2.75, 3.05) is 0 Å². The average Bonchev–Trinajstić information content (AvgIpc) is 3.36. The van der Waals surface area contributed by atoms with Crippen molar-refractivity contribution in [2.24, 2.45) is 0 Å². The van der Waals surface area contributed by atoms with E-state index >= 15 is 0 Å². The number of halogens is 1. The molecule has 1 atom stereocenters. The number of hydrogen-bond acceptors (Lipinski definition) is 4. The Bertz CT molecular complexity index is 1490. The molecule has 0 amide bonds. The third-order valence-corrected chi connectivity index (χ3v) is 7.97. The molecule has 0 bridgehead atoms. The molecular formula is C24H19FN2O4S2. The largest absolute Gasteiger partial charge is 0.480 e. The van der Waals surface area contributed by atoms with Crippen LogP contribution >= 0.6 is 11.3 Å². The van der Waals surface area contributed by atoms with E-state index in [1.807, 2.05) is 43.3 Å². The van der Waals surface area contributed by atoms with Crippen molar-refractivity contribution in [2.45, 2.75) is 23.6 Å². The van der Waals surface area contributed by atoms with Crippen molar-refractivity contribution in [3.8, 4) is 11.8 Å². The second-order valence-electron chi connectivity index (χ2n) is 7.43. The summed E-state index contributed by atoms with van der Waals surface area (Å²) in [7, 11) is -4.28. The molecule has 33 heavy (non-hydrogen) atoms. The molecule has 4 rings (SSSR count). The van der Waals surface area contributed by atoms with Crippen LogP contribution in [0.25, 0.3) is 10.9 Å². The number of para-hydroxylation sites is 1. The molecule has 0 saturated heterocycles. The molecule has 2 aromatic heterocycles. The summed E-state index contributed by atoms with van der Waals surface area (Å²) in [5, 5.41) is 10.4. The number of sulfonamides is 1. The quantitative estimate of drug-likeness (QED) is 0.361. The summed E-state index contributed by atoms with van der Waals surface area (Å²) in [5.41, 5.74) is 3.20. The SMILES string of the molecule is Cc1ccc(C#Cc2sc(S(=O)(=O)NC(Cc3c[nH]c4ccccc34)C(=O)O)cc2F)cc1. The van der Waals surface area contributed by atoms with Crippen LogP contribution < -0.4 is 4.72 Å². The predicted octanol–water partition coefficient (Wildman–Crippen LogP) is 4.05. The van der Waals surface area contributed by atoms with Gasteiger partial charge in [-0.15, -0.1) is 11.3 Å². The Morgan fingerprint density at radius 2 is 1.91 bits per heavy atom. The molecule has 9 heteroatoms. The number of aromatic amines is 1. The van der Waals surface area contributed by atoms with Crippen molar-refractivity contribution in [3.63, 3.8) is 0 Å². The molecule has 0 aliphatic heterocycles. The number of aryl methyl sites for hydroxylation is 1. The van der Waals surface area contributed by atoms with Crippen LogP contribution in [0.3, 0.4) is 0 Å². The number of aromatic nitrogens is 1. The Morgan fingerprint density at radius 1 is 1.18 bits per heavy atom. The Balaban J connectivity index is 1.56. The molecular weight excluding hydrogens is 463 g/mol. The lowest BCUT2D eigenvalue weighted by atomic mass is 10.1. The first kappa shape index (κ1) is 22.7. The fourth-order valence-corrected chi connectivity index (χ4v) is 5.67. The molecule has 4 aromatic rings. The lowest BCUT2D eigenvalue weighted by molar-refractivity contribution is -0.138. The van der Waals surface area contributed by atoms with Crippen LogP contribution in [0.4, 0.5) is 4.39 Å². The maximum Gasteiger partial charge on any atom is 0.322 e. The Hall–Kier alpha value is -3.45. The minimum absolute atomic E-state index is 0.0422. The van der Waals surface area contributed by atoms with Crippen LogP contribution in [0.5, 0.6) is 0 Å². The third-order valence-electron chi connectivity index (χ3n) is 5.00. The molecule has 1 unspecified atom stereocenters. The zero-order valence-corrected chi connectivity index (χ0v) is 19.1. The van der Waals surface area contributed by atoms with E-state index in [4.69, 9.17) is 0 Å². The highest BCUT2D eigenvalue weighted by molar-refractivity contribution is 7.91. The number of benzene rings is 2. The molecule has 0 aliphatic rings. The molecule has 2 aromatic carbocycles. The van der Waals surface area contributed by atoms with Crippen molar-refractivity contribution < 1.29 is 22.7 Å². The molecule has 0 spiro atoms. The number of thiophene rings is 1. The highest BCUT2D eigenvalue weighted by Gasteiger charge is 2.28. The fraction of sp³-hybridized carbons (Fsp3) is 0.125. The normalized spacial score (nSPS) is 12.3. The maximum absolute atomic E-state index is 14.4. The first-order valence-electron chi connectivity index (χ1n) is 9.91. The van der Waals surface area contributed by atoms with E-state index in [1.54, 1.807) is 18.3 Å². The van der Waals surface area contributed by atoms with E-state index in [0.717, 1.165) is 22.5 Å². The van der Waals surface area contributed by atoms with E-state index in [2.05, 4.69) is 21.5 Å². The van der Waals surface area contributed by atoms with Crippen LogP contribution in [0.2, 0.25) is 0 Å². The second kappa shape index (κ2) is 9.19. The summed E-state index contributed by atoms with van der Waals surface area (Å²) in [6.45, 7) is 1.93. The van der Waals surface area contributed by atoms with Crippen molar-refractivity contribution in [3.05, 3.63) is 88.2 Å². The first-order chi connectivity index (χ1) is 15.7. The lowest BCUT2D eigenvalue weighted by Gasteiger charge is -2.13. The maximum atomic E-state index is 14.4. The summed E-state index contributed by atoms with van der Waals surface area (Å²) in [4.78, 5) is 14.8. The van der Waals surface area contributed by atoms with Gasteiger partial charge in [-0.3, -0.25) is 4.79 Å². The number of aliphatic carboxylic acids is 1. The zero-order valence-electron chi connectivity index (χ0n) is 17.4.